The molecule has 3 N–H and O–H groups in total. The minimum Gasteiger partial charge on any atom is -0.338 e. The van der Waals surface area contributed by atoms with Gasteiger partial charge in [-0.05, 0) is 42.2 Å². The second-order valence-corrected chi connectivity index (χ2v) is 7.25. The highest BCUT2D eigenvalue weighted by Crippen LogP contribution is 2.27. The van der Waals surface area contributed by atoms with Gasteiger partial charge >= 0.3 is 6.03 Å². The van der Waals surface area contributed by atoms with Gasteiger partial charge in [0, 0.05) is 30.8 Å². The Labute approximate surface area is 177 Å². The monoisotopic (exact) mass is 401 g/mol. The van der Waals surface area contributed by atoms with Crippen molar-refractivity contribution in [1.82, 2.24) is 5.32 Å². The first-order chi connectivity index (χ1) is 14.5. The lowest BCUT2D eigenvalue weighted by Gasteiger charge is -2.18. The molecular formula is C25H27N3O2. The van der Waals surface area contributed by atoms with Crippen molar-refractivity contribution in [3.8, 4) is 0 Å². The normalized spacial score (nSPS) is 10.5. The average molecular weight is 402 g/mol. The lowest BCUT2D eigenvalue weighted by Crippen LogP contribution is -2.30. The number of hydrogen-bond donors (Lipinski definition) is 3. The predicted octanol–water partition coefficient (Wildman–Crippen LogP) is 5.30. The number of carbonyl (C=O) groups is 2. The van der Waals surface area contributed by atoms with Gasteiger partial charge in [0.2, 0.25) is 5.91 Å². The van der Waals surface area contributed by atoms with Crippen LogP contribution in [-0.2, 0) is 4.79 Å². The standard InChI is InChI=1S/C25H27N3O2/c1-18-13-14-22(17-24(18)27-19(2)29)28-25(30)26-16-15-23(20-9-5-3-6-10-20)21-11-7-4-8-12-21/h3-14,17,23H,15-16H2,1-2H3,(H,27,29)(H2,26,28,30). The molecule has 3 rings (SSSR count). The van der Waals surface area contributed by atoms with Crippen LogP contribution in [-0.4, -0.2) is 18.5 Å². The Morgan fingerprint density at radius 2 is 1.43 bits per heavy atom. The number of urea groups is 1. The molecule has 30 heavy (non-hydrogen) atoms. The zero-order chi connectivity index (χ0) is 21.3. The molecule has 0 unspecified atom stereocenters. The van der Waals surface area contributed by atoms with Crippen LogP contribution in [0.4, 0.5) is 16.2 Å². The second kappa shape index (κ2) is 10.3. The third-order valence-corrected chi connectivity index (χ3v) is 4.93. The first-order valence-corrected chi connectivity index (χ1v) is 10.1. The van der Waals surface area contributed by atoms with Crippen LogP contribution in [0.3, 0.4) is 0 Å². The molecule has 3 aromatic rings. The summed E-state index contributed by atoms with van der Waals surface area (Å²) < 4.78 is 0. The fourth-order valence-corrected chi connectivity index (χ4v) is 3.43. The number of benzene rings is 3. The van der Waals surface area contributed by atoms with Gasteiger partial charge in [-0.1, -0.05) is 66.7 Å². The minimum absolute atomic E-state index is 0.146. The highest BCUT2D eigenvalue weighted by Gasteiger charge is 2.14. The first kappa shape index (κ1) is 21.1. The maximum atomic E-state index is 12.4. The van der Waals surface area contributed by atoms with Crippen molar-refractivity contribution in [2.45, 2.75) is 26.2 Å². The molecule has 0 spiro atoms. The van der Waals surface area contributed by atoms with Gasteiger partial charge in [-0.15, -0.1) is 0 Å². The van der Waals surface area contributed by atoms with Gasteiger partial charge in [0.15, 0.2) is 0 Å². The van der Waals surface area contributed by atoms with Crippen molar-refractivity contribution in [3.63, 3.8) is 0 Å². The maximum Gasteiger partial charge on any atom is 0.319 e. The van der Waals surface area contributed by atoms with Crippen molar-refractivity contribution in [2.24, 2.45) is 0 Å². The van der Waals surface area contributed by atoms with Gasteiger partial charge < -0.3 is 16.0 Å². The number of amides is 3. The smallest absolute Gasteiger partial charge is 0.319 e. The van der Waals surface area contributed by atoms with E-state index in [2.05, 4.69) is 40.2 Å². The largest absolute Gasteiger partial charge is 0.338 e. The second-order valence-electron chi connectivity index (χ2n) is 7.25. The molecule has 0 radical (unpaired) electrons. The van der Waals surface area contributed by atoms with Crippen LogP contribution in [0.1, 0.15) is 36.0 Å². The topological polar surface area (TPSA) is 70.2 Å². The average Bonchev–Trinajstić information content (AvgIpc) is 2.74. The summed E-state index contributed by atoms with van der Waals surface area (Å²) in [7, 11) is 0. The zero-order valence-corrected chi connectivity index (χ0v) is 17.3. The van der Waals surface area contributed by atoms with Crippen molar-refractivity contribution in [1.29, 1.82) is 0 Å². The SMILES string of the molecule is CC(=O)Nc1cc(NC(=O)NCCC(c2ccccc2)c2ccccc2)ccc1C. The van der Waals surface area contributed by atoms with E-state index >= 15 is 0 Å². The van der Waals surface area contributed by atoms with Crippen LogP contribution in [0.2, 0.25) is 0 Å². The Morgan fingerprint density at radius 1 is 0.833 bits per heavy atom. The molecular weight excluding hydrogens is 374 g/mol. The fourth-order valence-electron chi connectivity index (χ4n) is 3.43. The Kier molecular flexibility index (Phi) is 7.22. The van der Waals surface area contributed by atoms with Gasteiger partial charge in [0.05, 0.1) is 0 Å². The number of anilines is 2. The molecule has 0 aromatic heterocycles. The van der Waals surface area contributed by atoms with Gasteiger partial charge in [0.1, 0.15) is 0 Å². The fraction of sp³-hybridized carbons (Fsp3) is 0.200. The van der Waals surface area contributed by atoms with E-state index in [0.717, 1.165) is 12.0 Å². The first-order valence-electron chi connectivity index (χ1n) is 10.1. The van der Waals surface area contributed by atoms with Crippen LogP contribution < -0.4 is 16.0 Å². The summed E-state index contributed by atoms with van der Waals surface area (Å²) in [6, 6.07) is 25.8. The number of aryl methyl sites for hydroxylation is 1. The van der Waals surface area contributed by atoms with Crippen molar-refractivity contribution < 1.29 is 9.59 Å². The van der Waals surface area contributed by atoms with Gasteiger partial charge in [0.25, 0.3) is 0 Å². The summed E-state index contributed by atoms with van der Waals surface area (Å²) in [5.74, 6) is 0.0611. The van der Waals surface area contributed by atoms with E-state index in [9.17, 15) is 9.59 Å². The van der Waals surface area contributed by atoms with Crippen molar-refractivity contribution in [2.75, 3.05) is 17.2 Å². The van der Waals surface area contributed by atoms with E-state index in [1.807, 2.05) is 55.5 Å². The highest BCUT2D eigenvalue weighted by atomic mass is 16.2. The summed E-state index contributed by atoms with van der Waals surface area (Å²) >= 11 is 0. The predicted molar refractivity (Wildman–Crippen MR) is 122 cm³/mol. The highest BCUT2D eigenvalue weighted by molar-refractivity contribution is 5.93. The van der Waals surface area contributed by atoms with E-state index in [1.165, 1.54) is 18.1 Å². The van der Waals surface area contributed by atoms with Crippen LogP contribution in [0.15, 0.2) is 78.9 Å². The molecule has 0 atom stereocenters. The van der Waals surface area contributed by atoms with Gasteiger partial charge in [-0.25, -0.2) is 4.79 Å². The zero-order valence-electron chi connectivity index (χ0n) is 17.3. The van der Waals surface area contributed by atoms with E-state index in [1.54, 1.807) is 6.07 Å². The van der Waals surface area contributed by atoms with Crippen LogP contribution in [0.25, 0.3) is 0 Å². The Morgan fingerprint density at radius 3 is 2.00 bits per heavy atom. The molecule has 0 aliphatic heterocycles. The van der Waals surface area contributed by atoms with Crippen LogP contribution >= 0.6 is 0 Å². The Balaban J connectivity index is 1.60. The number of carbonyl (C=O) groups excluding carboxylic acids is 2. The molecule has 5 nitrogen and oxygen atoms in total. The lowest BCUT2D eigenvalue weighted by molar-refractivity contribution is -0.114. The third-order valence-electron chi connectivity index (χ3n) is 4.93. The molecule has 0 aliphatic carbocycles. The van der Waals surface area contributed by atoms with Crippen molar-refractivity contribution in [3.05, 3.63) is 95.6 Å². The lowest BCUT2D eigenvalue weighted by atomic mass is 9.88. The van der Waals surface area contributed by atoms with E-state index in [0.29, 0.717) is 17.9 Å². The molecule has 154 valence electrons. The molecule has 0 bridgehead atoms. The molecule has 0 fully saturated rings. The number of hydrogen-bond acceptors (Lipinski definition) is 2. The number of rotatable bonds is 7. The summed E-state index contributed by atoms with van der Waals surface area (Å²) in [5, 5.41) is 8.54. The third kappa shape index (κ3) is 5.95. The molecule has 0 saturated carbocycles. The summed E-state index contributed by atoms with van der Waals surface area (Å²) in [6.07, 6.45) is 0.784. The Hall–Kier alpha value is -3.60. The van der Waals surface area contributed by atoms with E-state index in [4.69, 9.17) is 0 Å². The van der Waals surface area contributed by atoms with Gasteiger partial charge in [-0.3, -0.25) is 4.79 Å². The van der Waals surface area contributed by atoms with E-state index in [-0.39, 0.29) is 17.9 Å². The minimum atomic E-state index is -0.271. The number of nitrogens with one attached hydrogen (secondary N) is 3. The summed E-state index contributed by atoms with van der Waals surface area (Å²) in [4.78, 5) is 23.7. The summed E-state index contributed by atoms with van der Waals surface area (Å²) in [6.45, 7) is 3.90. The molecule has 3 aromatic carbocycles. The Bertz CT molecular complexity index is 948. The summed E-state index contributed by atoms with van der Waals surface area (Å²) in [5.41, 5.74) is 4.71. The molecule has 3 amide bonds. The molecule has 0 heterocycles. The quantitative estimate of drug-likeness (QED) is 0.503. The maximum absolute atomic E-state index is 12.4. The molecule has 0 aliphatic rings. The molecule has 5 heteroatoms. The van der Waals surface area contributed by atoms with Crippen LogP contribution in [0.5, 0.6) is 0 Å². The van der Waals surface area contributed by atoms with Gasteiger partial charge in [-0.2, -0.15) is 0 Å². The molecule has 0 saturated heterocycles. The van der Waals surface area contributed by atoms with Crippen LogP contribution in [0, 0.1) is 6.92 Å². The van der Waals surface area contributed by atoms with E-state index < -0.39 is 0 Å². The van der Waals surface area contributed by atoms with Crippen molar-refractivity contribution >= 4 is 23.3 Å².